The van der Waals surface area contributed by atoms with E-state index in [1.807, 2.05) is 34.6 Å². The molecule has 0 aromatic rings. The maximum absolute atomic E-state index is 13.3. The fourth-order valence-electron chi connectivity index (χ4n) is 14.4. The van der Waals surface area contributed by atoms with Gasteiger partial charge < -0.3 is 79.9 Å². The lowest BCUT2D eigenvalue weighted by Crippen LogP contribution is -2.76. The molecule has 370 valence electrons. The molecule has 0 aromatic carbocycles. The van der Waals surface area contributed by atoms with E-state index in [-0.39, 0.29) is 11.8 Å². The van der Waals surface area contributed by atoms with Gasteiger partial charge in [-0.05, 0) is 91.8 Å². The lowest BCUT2D eigenvalue weighted by molar-refractivity contribution is -0.374. The summed E-state index contributed by atoms with van der Waals surface area (Å²) in [5, 5.41) is 122. The third-order valence-electron chi connectivity index (χ3n) is 18.6. The van der Waals surface area contributed by atoms with Crippen LogP contribution >= 0.6 is 0 Å². The Hall–Kier alpha value is -2.14. The van der Waals surface area contributed by atoms with E-state index >= 15 is 0 Å². The molecule has 2 heterocycles. The third kappa shape index (κ3) is 7.33. The van der Waals surface area contributed by atoms with Gasteiger partial charge in [-0.2, -0.15) is 0 Å². The van der Waals surface area contributed by atoms with Gasteiger partial charge in [-0.1, -0.05) is 66.2 Å². The summed E-state index contributed by atoms with van der Waals surface area (Å²) in [7, 11) is 0. The van der Waals surface area contributed by atoms with Gasteiger partial charge in [-0.15, -0.1) is 0 Å². The molecule has 7 rings (SSSR count). The number of aliphatic hydroxyl groups excluding tert-OH is 10. The number of carboxylic acid groups (broad SMARTS) is 1. The van der Waals surface area contributed by atoms with Crippen molar-refractivity contribution in [3.63, 3.8) is 0 Å². The average Bonchev–Trinajstić information content (AvgIpc) is 3.25. The van der Waals surface area contributed by atoms with Crippen molar-refractivity contribution in [1.29, 1.82) is 0 Å². The monoisotopic (exact) mass is 926 g/mol. The molecule has 65 heavy (non-hydrogen) atoms. The standard InChI is InChI=1S/C47H74O18/c1-10-20(2)39(60)65-37-36(57)42(3,4)17-22-21-11-12-25-44(7)15-14-26(43(5,6)24(44)13-16-45(25,8)46(21,9)34(55)35(56)47(22,37)19-49)62-41-33(30(53)29(52)32(63-41)38(58)59)64-40-31(54)28(51)27(50)23(18-48)61-40/h10-11,22-37,40-41,48-57H,12-19H2,1-9H3,(H,58,59)/t22-,23+,24-,25+,26-,27+,28-,29-,30-,31+,32-,33+,34-,35+,36-,37-,40-,41+,44-,45+,46-,47-/m0/s1. The van der Waals surface area contributed by atoms with Crippen LogP contribution in [0, 0.1) is 50.2 Å². The second-order valence-electron chi connectivity index (χ2n) is 22.3. The molecule has 2 aliphatic heterocycles. The topological polar surface area (TPSA) is 303 Å². The zero-order valence-corrected chi connectivity index (χ0v) is 39.0. The fourth-order valence-corrected chi connectivity index (χ4v) is 14.4. The zero-order chi connectivity index (χ0) is 48.3. The van der Waals surface area contributed by atoms with Crippen molar-refractivity contribution in [1.82, 2.24) is 0 Å². The highest BCUT2D eigenvalue weighted by atomic mass is 16.8. The molecule has 0 bridgehead atoms. The van der Waals surface area contributed by atoms with Gasteiger partial charge in [0.05, 0.1) is 43.0 Å². The number of hydrogen-bond acceptors (Lipinski definition) is 17. The van der Waals surface area contributed by atoms with E-state index in [1.54, 1.807) is 19.9 Å². The number of carboxylic acids is 1. The molecular weight excluding hydrogens is 852 g/mol. The Morgan fingerprint density at radius 2 is 1.45 bits per heavy atom. The second-order valence-corrected chi connectivity index (χ2v) is 22.3. The third-order valence-corrected chi connectivity index (χ3v) is 18.6. The Labute approximate surface area is 380 Å². The summed E-state index contributed by atoms with van der Waals surface area (Å²) in [5.74, 6) is -2.93. The summed E-state index contributed by atoms with van der Waals surface area (Å²) in [4.78, 5) is 25.6. The van der Waals surface area contributed by atoms with Gasteiger partial charge in [0.25, 0.3) is 0 Å². The van der Waals surface area contributed by atoms with Crippen LogP contribution in [0.5, 0.6) is 0 Å². The highest BCUT2D eigenvalue weighted by Crippen LogP contribution is 2.76. The zero-order valence-electron chi connectivity index (χ0n) is 39.0. The molecule has 0 aromatic heterocycles. The number of carbonyl (C=O) groups is 2. The molecule has 0 unspecified atom stereocenters. The van der Waals surface area contributed by atoms with Crippen LogP contribution in [-0.4, -0.2) is 173 Å². The lowest BCUT2D eigenvalue weighted by atomic mass is 9.32. The van der Waals surface area contributed by atoms with Crippen molar-refractivity contribution in [3.05, 3.63) is 23.3 Å². The van der Waals surface area contributed by atoms with Gasteiger partial charge in [0, 0.05) is 11.0 Å². The predicted molar refractivity (Wildman–Crippen MR) is 227 cm³/mol. The Morgan fingerprint density at radius 3 is 2.05 bits per heavy atom. The van der Waals surface area contributed by atoms with Gasteiger partial charge in [-0.3, -0.25) is 0 Å². The van der Waals surface area contributed by atoms with E-state index in [1.165, 1.54) is 0 Å². The minimum atomic E-state index is -2.00. The number of esters is 1. The van der Waals surface area contributed by atoms with E-state index in [2.05, 4.69) is 19.9 Å². The number of hydrogen-bond donors (Lipinski definition) is 11. The fraction of sp³-hybridized carbons (Fsp3) is 0.872. The molecular formula is C47H74O18. The average molecular weight is 927 g/mol. The summed E-state index contributed by atoms with van der Waals surface area (Å²) < 4.78 is 30.0. The van der Waals surface area contributed by atoms with Gasteiger partial charge in [0.1, 0.15) is 48.8 Å². The highest BCUT2D eigenvalue weighted by molar-refractivity contribution is 5.87. The number of fused-ring (bicyclic) bond motifs is 7. The molecule has 7 aliphatic rings. The first kappa shape index (κ1) is 50.7. The first-order chi connectivity index (χ1) is 30.2. The van der Waals surface area contributed by atoms with Crippen LogP contribution in [0.25, 0.3) is 0 Å². The van der Waals surface area contributed by atoms with Crippen LogP contribution < -0.4 is 0 Å². The van der Waals surface area contributed by atoms with Crippen LogP contribution in [0.15, 0.2) is 23.3 Å². The van der Waals surface area contributed by atoms with Crippen LogP contribution in [0.1, 0.15) is 101 Å². The normalized spacial score (nSPS) is 51.6. The van der Waals surface area contributed by atoms with Crippen LogP contribution in [-0.2, 0) is 33.3 Å². The van der Waals surface area contributed by atoms with Crippen molar-refractivity contribution in [2.75, 3.05) is 13.2 Å². The predicted octanol–water partition coefficient (Wildman–Crippen LogP) is 0.282. The minimum absolute atomic E-state index is 0.0471. The number of carbonyl (C=O) groups excluding carboxylic acids is 1. The molecule has 0 amide bonds. The number of ether oxygens (including phenoxy) is 5. The molecule has 6 fully saturated rings. The van der Waals surface area contributed by atoms with Crippen molar-refractivity contribution in [2.45, 2.75) is 193 Å². The number of aliphatic hydroxyl groups is 10. The van der Waals surface area contributed by atoms with E-state index in [4.69, 9.17) is 23.7 Å². The van der Waals surface area contributed by atoms with Crippen molar-refractivity contribution >= 4 is 11.9 Å². The Bertz CT molecular complexity index is 1870. The van der Waals surface area contributed by atoms with Crippen molar-refractivity contribution < 1.29 is 89.4 Å². The minimum Gasteiger partial charge on any atom is -0.479 e. The molecule has 0 radical (unpaired) electrons. The SMILES string of the molecule is CC=C(C)C(=O)O[C@H]1[C@H](O)C(C)(C)C[C@H]2C3=CC[C@@H]4[C@@]5(C)CC[C@H](O[C@@H]6O[C@H](C(=O)O)[C@@H](O)[C@H](O)[C@H]6O[C@@H]6O[C@H](CO)[C@@H](O)[C@H](O)[C@H]6O)C(C)(C)[C@@H]5CC[C@@]4(C)[C@]3(C)[C@@H](O)[C@@H](O)[C@]21CO. The number of allylic oxidation sites excluding steroid dienone is 2. The molecule has 0 spiro atoms. The Morgan fingerprint density at radius 1 is 0.785 bits per heavy atom. The highest BCUT2D eigenvalue weighted by Gasteiger charge is 2.76. The second kappa shape index (κ2) is 17.4. The maximum atomic E-state index is 13.3. The number of aliphatic carboxylic acids is 1. The molecule has 2 saturated heterocycles. The van der Waals surface area contributed by atoms with E-state index in [9.17, 15) is 65.8 Å². The van der Waals surface area contributed by atoms with E-state index in [0.717, 1.165) is 5.57 Å². The van der Waals surface area contributed by atoms with Crippen LogP contribution in [0.2, 0.25) is 0 Å². The molecule has 4 saturated carbocycles. The first-order valence-corrected chi connectivity index (χ1v) is 23.2. The molecule has 11 N–H and O–H groups in total. The Balaban J connectivity index is 1.20. The quantitative estimate of drug-likeness (QED) is 0.0641. The summed E-state index contributed by atoms with van der Waals surface area (Å²) in [6.45, 7) is 16.1. The molecule has 18 nitrogen and oxygen atoms in total. The van der Waals surface area contributed by atoms with Gasteiger partial charge in [-0.25, -0.2) is 9.59 Å². The summed E-state index contributed by atoms with van der Waals surface area (Å²) >= 11 is 0. The lowest BCUT2D eigenvalue weighted by Gasteiger charge is -2.73. The smallest absolute Gasteiger partial charge is 0.335 e. The molecule has 18 heteroatoms. The van der Waals surface area contributed by atoms with Crippen molar-refractivity contribution in [2.24, 2.45) is 50.2 Å². The first-order valence-electron chi connectivity index (χ1n) is 23.2. The number of rotatable bonds is 9. The molecule has 5 aliphatic carbocycles. The summed E-state index contributed by atoms with van der Waals surface area (Å²) in [6.07, 6.45) is -17.1. The van der Waals surface area contributed by atoms with E-state index < -0.39 is 155 Å². The van der Waals surface area contributed by atoms with Crippen molar-refractivity contribution in [3.8, 4) is 0 Å². The summed E-state index contributed by atoms with van der Waals surface area (Å²) in [6, 6.07) is 0. The van der Waals surface area contributed by atoms with Crippen LogP contribution in [0.3, 0.4) is 0 Å². The molecule has 22 atom stereocenters. The van der Waals surface area contributed by atoms with Crippen LogP contribution in [0.4, 0.5) is 0 Å². The van der Waals surface area contributed by atoms with E-state index in [0.29, 0.717) is 44.1 Å². The van der Waals surface area contributed by atoms with Gasteiger partial charge >= 0.3 is 11.9 Å². The largest absolute Gasteiger partial charge is 0.479 e. The maximum Gasteiger partial charge on any atom is 0.335 e. The van der Waals surface area contributed by atoms with Gasteiger partial charge in [0.15, 0.2) is 18.7 Å². The van der Waals surface area contributed by atoms with Gasteiger partial charge in [0.2, 0.25) is 0 Å². The summed E-state index contributed by atoms with van der Waals surface area (Å²) in [5.41, 5.74) is -3.96. The Kier molecular flexibility index (Phi) is 13.6.